The van der Waals surface area contributed by atoms with E-state index in [1.165, 1.54) is 5.56 Å². The number of ether oxygens (including phenoxy) is 2. The van der Waals surface area contributed by atoms with Gasteiger partial charge in [0, 0.05) is 46.0 Å². The summed E-state index contributed by atoms with van der Waals surface area (Å²) >= 11 is 0. The lowest BCUT2D eigenvalue weighted by Crippen LogP contribution is -2.38. The van der Waals surface area contributed by atoms with Crippen LogP contribution in [0, 0.1) is 6.92 Å². The largest absolute Gasteiger partial charge is 0.462 e. The fraction of sp³-hybridized carbons (Fsp3) is 0.476. The molecule has 2 heterocycles. The summed E-state index contributed by atoms with van der Waals surface area (Å²) in [4.78, 5) is 17.8. The van der Waals surface area contributed by atoms with Gasteiger partial charge in [-0.15, -0.1) is 0 Å². The predicted molar refractivity (Wildman–Crippen MR) is 112 cm³/mol. The van der Waals surface area contributed by atoms with Crippen LogP contribution < -0.4 is 9.64 Å². The summed E-state index contributed by atoms with van der Waals surface area (Å²) in [7, 11) is 3.92. The van der Waals surface area contributed by atoms with Gasteiger partial charge in [-0.2, -0.15) is 9.97 Å². The summed E-state index contributed by atoms with van der Waals surface area (Å²) < 4.78 is 11.2. The van der Waals surface area contributed by atoms with Crippen LogP contribution >= 0.6 is 0 Å². The SMILES string of the molecule is Cc1cccc(C=NCc2cc(N(C)C)nc(OCCN3CCOCC3)n2)c1. The first-order chi connectivity index (χ1) is 13.6. The number of aryl methyl sites for hydroxylation is 1. The van der Waals surface area contributed by atoms with Crippen LogP contribution in [0.25, 0.3) is 0 Å². The van der Waals surface area contributed by atoms with Gasteiger partial charge in [-0.3, -0.25) is 9.89 Å². The molecule has 0 N–H and O–H groups in total. The maximum absolute atomic E-state index is 5.84. The number of anilines is 1. The summed E-state index contributed by atoms with van der Waals surface area (Å²) in [5.41, 5.74) is 3.14. The van der Waals surface area contributed by atoms with Gasteiger partial charge < -0.3 is 14.4 Å². The van der Waals surface area contributed by atoms with Gasteiger partial charge in [-0.25, -0.2) is 0 Å². The van der Waals surface area contributed by atoms with E-state index < -0.39 is 0 Å². The minimum atomic E-state index is 0.403. The molecular weight excluding hydrogens is 354 g/mol. The normalized spacial score (nSPS) is 15.1. The Kier molecular flexibility index (Phi) is 7.33. The fourth-order valence-electron chi connectivity index (χ4n) is 2.92. The van der Waals surface area contributed by atoms with Crippen LogP contribution in [-0.4, -0.2) is 74.6 Å². The second kappa shape index (κ2) is 10.1. The molecule has 2 aromatic rings. The molecule has 0 saturated carbocycles. The predicted octanol–water partition coefficient (Wildman–Crippen LogP) is 2.18. The van der Waals surface area contributed by atoms with E-state index in [0.29, 0.717) is 19.2 Å². The fourth-order valence-corrected chi connectivity index (χ4v) is 2.92. The molecule has 0 aliphatic carbocycles. The molecule has 1 aliphatic rings. The molecule has 1 saturated heterocycles. The highest BCUT2D eigenvalue weighted by Gasteiger charge is 2.11. The number of aromatic nitrogens is 2. The standard InChI is InChI=1S/C21H29N5O2/c1-17-5-4-6-18(13-17)15-22-16-19-14-20(25(2)3)24-21(23-19)28-12-9-26-7-10-27-11-8-26/h4-6,13-15H,7-12,16H2,1-3H3. The molecule has 28 heavy (non-hydrogen) atoms. The molecule has 0 bridgehead atoms. The summed E-state index contributed by atoms with van der Waals surface area (Å²) in [6.07, 6.45) is 1.88. The molecule has 150 valence electrons. The van der Waals surface area contributed by atoms with Gasteiger partial charge in [0.15, 0.2) is 0 Å². The molecule has 7 nitrogen and oxygen atoms in total. The second-order valence-corrected chi connectivity index (χ2v) is 7.08. The zero-order valence-corrected chi connectivity index (χ0v) is 17.0. The quantitative estimate of drug-likeness (QED) is 0.651. The molecule has 0 unspecified atom stereocenters. The lowest BCUT2D eigenvalue weighted by molar-refractivity contribution is 0.0317. The average Bonchev–Trinajstić information content (AvgIpc) is 2.69. The lowest BCUT2D eigenvalue weighted by Gasteiger charge is -2.26. The van der Waals surface area contributed by atoms with Gasteiger partial charge in [0.25, 0.3) is 0 Å². The molecule has 1 aliphatic heterocycles. The molecule has 1 aromatic heterocycles. The van der Waals surface area contributed by atoms with Crippen molar-refractivity contribution in [3.8, 4) is 6.01 Å². The van der Waals surface area contributed by atoms with Crippen molar-refractivity contribution in [1.82, 2.24) is 14.9 Å². The molecular formula is C21H29N5O2. The topological polar surface area (TPSA) is 63.1 Å². The van der Waals surface area contributed by atoms with Crippen molar-refractivity contribution in [3.63, 3.8) is 0 Å². The highest BCUT2D eigenvalue weighted by atomic mass is 16.5. The van der Waals surface area contributed by atoms with Crippen LogP contribution in [0.2, 0.25) is 0 Å². The third-order valence-electron chi connectivity index (χ3n) is 4.48. The van der Waals surface area contributed by atoms with E-state index >= 15 is 0 Å². The number of hydrogen-bond donors (Lipinski definition) is 0. The van der Waals surface area contributed by atoms with Gasteiger partial charge in [0.05, 0.1) is 25.5 Å². The number of morpholine rings is 1. The minimum Gasteiger partial charge on any atom is -0.462 e. The van der Waals surface area contributed by atoms with Gasteiger partial charge in [-0.1, -0.05) is 29.8 Å². The van der Waals surface area contributed by atoms with Crippen molar-refractivity contribution in [2.45, 2.75) is 13.5 Å². The van der Waals surface area contributed by atoms with Gasteiger partial charge in [0.2, 0.25) is 0 Å². The summed E-state index contributed by atoms with van der Waals surface area (Å²) in [6, 6.07) is 10.6. The maximum Gasteiger partial charge on any atom is 0.318 e. The van der Waals surface area contributed by atoms with E-state index in [-0.39, 0.29) is 0 Å². The van der Waals surface area contributed by atoms with Crippen molar-refractivity contribution in [2.75, 3.05) is 58.5 Å². The number of benzene rings is 1. The van der Waals surface area contributed by atoms with E-state index in [9.17, 15) is 0 Å². The molecule has 1 aromatic carbocycles. The molecule has 7 heteroatoms. The first kappa shape index (κ1) is 20.2. The first-order valence-corrected chi connectivity index (χ1v) is 9.65. The van der Waals surface area contributed by atoms with Gasteiger partial charge in [0.1, 0.15) is 12.4 Å². The molecule has 0 atom stereocenters. The summed E-state index contributed by atoms with van der Waals surface area (Å²) in [5, 5.41) is 0. The van der Waals surface area contributed by atoms with Crippen LogP contribution in [-0.2, 0) is 11.3 Å². The van der Waals surface area contributed by atoms with Crippen molar-refractivity contribution in [3.05, 3.63) is 47.2 Å². The maximum atomic E-state index is 5.84. The van der Waals surface area contributed by atoms with Gasteiger partial charge >= 0.3 is 6.01 Å². The number of aliphatic imine (C=N–C) groups is 1. The van der Waals surface area contributed by atoms with Crippen molar-refractivity contribution in [1.29, 1.82) is 0 Å². The van der Waals surface area contributed by atoms with Crippen LogP contribution in [0.15, 0.2) is 35.3 Å². The Bertz CT molecular complexity index is 788. The Morgan fingerprint density at radius 2 is 2.04 bits per heavy atom. The minimum absolute atomic E-state index is 0.403. The zero-order chi connectivity index (χ0) is 19.8. The Morgan fingerprint density at radius 3 is 2.79 bits per heavy atom. The number of rotatable bonds is 8. The van der Waals surface area contributed by atoms with Crippen LogP contribution in [0.3, 0.4) is 0 Å². The second-order valence-electron chi connectivity index (χ2n) is 7.08. The average molecular weight is 383 g/mol. The Morgan fingerprint density at radius 1 is 1.21 bits per heavy atom. The van der Waals surface area contributed by atoms with Crippen molar-refractivity contribution in [2.24, 2.45) is 4.99 Å². The third-order valence-corrected chi connectivity index (χ3v) is 4.48. The Labute approximate surface area is 167 Å². The zero-order valence-electron chi connectivity index (χ0n) is 17.0. The van der Waals surface area contributed by atoms with E-state index in [1.54, 1.807) is 0 Å². The number of hydrogen-bond acceptors (Lipinski definition) is 7. The Balaban J connectivity index is 1.61. The monoisotopic (exact) mass is 383 g/mol. The van der Waals surface area contributed by atoms with Crippen LogP contribution in [0.5, 0.6) is 6.01 Å². The van der Waals surface area contributed by atoms with Crippen LogP contribution in [0.1, 0.15) is 16.8 Å². The van der Waals surface area contributed by atoms with E-state index in [4.69, 9.17) is 9.47 Å². The van der Waals surface area contributed by atoms with Crippen LogP contribution in [0.4, 0.5) is 5.82 Å². The van der Waals surface area contributed by atoms with E-state index in [2.05, 4.69) is 38.9 Å². The highest BCUT2D eigenvalue weighted by Crippen LogP contribution is 2.15. The molecule has 0 radical (unpaired) electrons. The van der Waals surface area contributed by atoms with Gasteiger partial charge in [-0.05, 0) is 12.5 Å². The van der Waals surface area contributed by atoms with Crippen molar-refractivity contribution < 1.29 is 9.47 Å². The molecule has 1 fully saturated rings. The summed E-state index contributed by atoms with van der Waals surface area (Å²) in [6.45, 7) is 7.43. The van der Waals surface area contributed by atoms with Crippen molar-refractivity contribution >= 4 is 12.0 Å². The van der Waals surface area contributed by atoms with E-state index in [0.717, 1.165) is 49.9 Å². The molecule has 0 amide bonds. The molecule has 3 rings (SSSR count). The van der Waals surface area contributed by atoms with E-state index in [1.807, 2.05) is 43.4 Å². The number of nitrogens with zero attached hydrogens (tertiary/aromatic N) is 5. The third kappa shape index (κ3) is 6.28. The highest BCUT2D eigenvalue weighted by molar-refractivity contribution is 5.79. The smallest absolute Gasteiger partial charge is 0.318 e. The molecule has 0 spiro atoms. The first-order valence-electron chi connectivity index (χ1n) is 9.65. The lowest BCUT2D eigenvalue weighted by atomic mass is 10.1. The Hall–Kier alpha value is -2.51. The summed E-state index contributed by atoms with van der Waals surface area (Å²) in [5.74, 6) is 0.817.